The third kappa shape index (κ3) is 2.70. The molecule has 0 aliphatic carbocycles. The molecule has 0 aromatic heterocycles. The fourth-order valence-corrected chi connectivity index (χ4v) is 1.54. The molecule has 0 bridgehead atoms. The Morgan fingerprint density at radius 1 is 1.43 bits per heavy atom. The van der Waals surface area contributed by atoms with Gasteiger partial charge in [0.05, 0.1) is 12.0 Å². The van der Waals surface area contributed by atoms with Crippen LogP contribution in [0.3, 0.4) is 0 Å². The summed E-state index contributed by atoms with van der Waals surface area (Å²) in [6.45, 7) is 2.09. The van der Waals surface area contributed by atoms with Crippen molar-refractivity contribution in [2.75, 3.05) is 6.26 Å². The van der Waals surface area contributed by atoms with E-state index < -0.39 is 0 Å². The highest BCUT2D eigenvalue weighted by Gasteiger charge is 1.99. The van der Waals surface area contributed by atoms with Gasteiger partial charge in [0, 0.05) is 6.26 Å². The van der Waals surface area contributed by atoms with Crippen LogP contribution in [0, 0.1) is 0 Å². The molecule has 0 unspecified atom stereocenters. The third-order valence-electron chi connectivity index (χ3n) is 1.99. The predicted molar refractivity (Wildman–Crippen MR) is 63.0 cm³/mol. The van der Waals surface area contributed by atoms with Crippen LogP contribution in [0.4, 0.5) is 0 Å². The fraction of sp³-hybridized carbons (Fsp3) is 0.273. The van der Waals surface area contributed by atoms with Gasteiger partial charge < -0.3 is 9.92 Å². The van der Waals surface area contributed by atoms with Crippen LogP contribution in [0.5, 0.6) is 5.75 Å². The molecule has 0 radical (unpaired) electrons. The molecule has 0 atom stereocenters. The monoisotopic (exact) mass is 209 g/mol. The van der Waals surface area contributed by atoms with E-state index in [1.807, 2.05) is 30.5 Å². The van der Waals surface area contributed by atoms with Crippen LogP contribution < -0.4 is 9.92 Å². The maximum absolute atomic E-state index is 5.51. The molecule has 1 rings (SSSR count). The van der Waals surface area contributed by atoms with Gasteiger partial charge in [-0.25, -0.2) is 0 Å². The first-order valence-electron chi connectivity index (χ1n) is 4.53. The van der Waals surface area contributed by atoms with E-state index in [0.29, 0.717) is 0 Å². The smallest absolute Gasteiger partial charge is 0.137 e. The zero-order valence-electron chi connectivity index (χ0n) is 8.49. The molecule has 1 aromatic rings. The Labute approximate surface area is 89.4 Å². The summed E-state index contributed by atoms with van der Waals surface area (Å²) < 4.78 is 5.27. The molecule has 14 heavy (non-hydrogen) atoms. The lowest BCUT2D eigenvalue weighted by Crippen LogP contribution is -1.88. The SMILES string of the molecule is CC/C(=C\N)c1ccc(OSC)cc1. The van der Waals surface area contributed by atoms with Crippen LogP contribution in [0.2, 0.25) is 0 Å². The molecular formula is C11H15NOS. The highest BCUT2D eigenvalue weighted by atomic mass is 32.2. The van der Waals surface area contributed by atoms with E-state index in [9.17, 15) is 0 Å². The molecule has 0 aliphatic rings. The van der Waals surface area contributed by atoms with E-state index in [4.69, 9.17) is 9.92 Å². The standard InChI is InChI=1S/C11H15NOS/c1-3-9(8-12)10-4-6-11(7-5-10)13-14-2/h4-8H,3,12H2,1-2H3/b9-8+. The van der Waals surface area contributed by atoms with Gasteiger partial charge >= 0.3 is 0 Å². The minimum atomic E-state index is 0.869. The number of allylic oxidation sites excluding steroid dienone is 1. The lowest BCUT2D eigenvalue weighted by molar-refractivity contribution is 0.650. The van der Waals surface area contributed by atoms with Gasteiger partial charge in [0.1, 0.15) is 5.75 Å². The quantitative estimate of drug-likeness (QED) is 0.774. The number of benzene rings is 1. The second kappa shape index (κ2) is 5.60. The van der Waals surface area contributed by atoms with Gasteiger partial charge in [-0.15, -0.1) is 0 Å². The molecule has 0 fully saturated rings. The first-order valence-corrected chi connectivity index (χ1v) is 5.68. The van der Waals surface area contributed by atoms with Crippen molar-refractivity contribution in [2.24, 2.45) is 5.73 Å². The molecule has 2 nitrogen and oxygen atoms in total. The number of rotatable bonds is 4. The minimum Gasteiger partial charge on any atom is -0.426 e. The van der Waals surface area contributed by atoms with Gasteiger partial charge in [-0.05, 0) is 35.9 Å². The second-order valence-corrected chi connectivity index (χ2v) is 3.32. The van der Waals surface area contributed by atoms with Gasteiger partial charge in [-0.2, -0.15) is 0 Å². The maximum Gasteiger partial charge on any atom is 0.137 e. The zero-order valence-corrected chi connectivity index (χ0v) is 9.30. The van der Waals surface area contributed by atoms with E-state index >= 15 is 0 Å². The molecule has 0 spiro atoms. The highest BCUT2D eigenvalue weighted by Crippen LogP contribution is 2.21. The van der Waals surface area contributed by atoms with Gasteiger partial charge in [0.15, 0.2) is 0 Å². The summed E-state index contributed by atoms with van der Waals surface area (Å²) in [5.41, 5.74) is 7.82. The zero-order chi connectivity index (χ0) is 10.4. The van der Waals surface area contributed by atoms with Gasteiger partial charge in [-0.3, -0.25) is 0 Å². The fourth-order valence-electron chi connectivity index (χ4n) is 1.24. The summed E-state index contributed by atoms with van der Waals surface area (Å²) in [6.07, 6.45) is 4.49. The first kappa shape index (κ1) is 11.0. The lowest BCUT2D eigenvalue weighted by atomic mass is 10.1. The van der Waals surface area contributed by atoms with E-state index in [-0.39, 0.29) is 0 Å². The Bertz CT molecular complexity index is 306. The van der Waals surface area contributed by atoms with Gasteiger partial charge in [-0.1, -0.05) is 19.1 Å². The Kier molecular flexibility index (Phi) is 4.40. The van der Waals surface area contributed by atoms with Crippen molar-refractivity contribution >= 4 is 17.6 Å². The summed E-state index contributed by atoms with van der Waals surface area (Å²) >= 11 is 1.34. The van der Waals surface area contributed by atoms with Crippen LogP contribution in [-0.4, -0.2) is 6.26 Å². The van der Waals surface area contributed by atoms with Crippen molar-refractivity contribution in [2.45, 2.75) is 13.3 Å². The first-order chi connectivity index (χ1) is 6.81. The number of nitrogens with two attached hydrogens (primary N) is 1. The molecule has 0 heterocycles. The van der Waals surface area contributed by atoms with E-state index in [1.54, 1.807) is 6.20 Å². The van der Waals surface area contributed by atoms with Crippen LogP contribution in [0.15, 0.2) is 30.5 Å². The topological polar surface area (TPSA) is 35.2 Å². The Morgan fingerprint density at radius 3 is 2.50 bits per heavy atom. The Balaban J connectivity index is 2.82. The summed E-state index contributed by atoms with van der Waals surface area (Å²) in [5.74, 6) is 0.869. The Morgan fingerprint density at radius 2 is 2.07 bits per heavy atom. The summed E-state index contributed by atoms with van der Waals surface area (Å²) in [4.78, 5) is 0. The molecule has 1 aromatic carbocycles. The average molecular weight is 209 g/mol. The number of hydrogen-bond donors (Lipinski definition) is 1. The second-order valence-electron chi connectivity index (χ2n) is 2.82. The van der Waals surface area contributed by atoms with Crippen molar-refractivity contribution in [3.63, 3.8) is 0 Å². The van der Waals surface area contributed by atoms with E-state index in [2.05, 4.69) is 6.92 Å². The normalized spacial score (nSPS) is 11.4. The molecule has 0 saturated carbocycles. The molecule has 0 aliphatic heterocycles. The molecule has 0 saturated heterocycles. The predicted octanol–water partition coefficient (Wildman–Crippen LogP) is 3.05. The van der Waals surface area contributed by atoms with Crippen molar-refractivity contribution in [1.82, 2.24) is 0 Å². The van der Waals surface area contributed by atoms with Gasteiger partial charge in [0.2, 0.25) is 0 Å². The Hall–Kier alpha value is -1.09. The van der Waals surface area contributed by atoms with Crippen LogP contribution in [-0.2, 0) is 0 Å². The molecule has 0 amide bonds. The summed E-state index contributed by atoms with van der Waals surface area (Å²) in [6, 6.07) is 7.94. The van der Waals surface area contributed by atoms with Crippen molar-refractivity contribution in [3.8, 4) is 5.75 Å². The third-order valence-corrected chi connectivity index (χ3v) is 2.35. The molecule has 2 N–H and O–H groups in total. The number of hydrogen-bond acceptors (Lipinski definition) is 3. The maximum atomic E-state index is 5.51. The van der Waals surface area contributed by atoms with Crippen molar-refractivity contribution in [1.29, 1.82) is 0 Å². The molecule has 3 heteroatoms. The largest absolute Gasteiger partial charge is 0.426 e. The summed E-state index contributed by atoms with van der Waals surface area (Å²) in [5, 5.41) is 0. The summed E-state index contributed by atoms with van der Waals surface area (Å²) in [7, 11) is 0. The minimum absolute atomic E-state index is 0.869. The van der Waals surface area contributed by atoms with Crippen LogP contribution in [0.25, 0.3) is 5.57 Å². The average Bonchev–Trinajstić information content (AvgIpc) is 2.23. The molecular weight excluding hydrogens is 194 g/mol. The molecule has 76 valence electrons. The van der Waals surface area contributed by atoms with Crippen molar-refractivity contribution < 1.29 is 4.18 Å². The lowest BCUT2D eigenvalue weighted by Gasteiger charge is -2.05. The van der Waals surface area contributed by atoms with Crippen molar-refractivity contribution in [3.05, 3.63) is 36.0 Å². The van der Waals surface area contributed by atoms with E-state index in [0.717, 1.165) is 23.3 Å². The highest BCUT2D eigenvalue weighted by molar-refractivity contribution is 7.94. The van der Waals surface area contributed by atoms with E-state index in [1.165, 1.54) is 12.0 Å². The van der Waals surface area contributed by atoms with Crippen LogP contribution >= 0.6 is 12.0 Å². The van der Waals surface area contributed by atoms with Crippen LogP contribution in [0.1, 0.15) is 18.9 Å². The van der Waals surface area contributed by atoms with Gasteiger partial charge in [0.25, 0.3) is 0 Å².